The van der Waals surface area contributed by atoms with E-state index in [2.05, 4.69) is 20.3 Å². The van der Waals surface area contributed by atoms with Crippen LogP contribution < -0.4 is 5.32 Å². The van der Waals surface area contributed by atoms with Crippen LogP contribution in [0.25, 0.3) is 0 Å². The summed E-state index contributed by atoms with van der Waals surface area (Å²) in [5.41, 5.74) is 1.06. The molecule has 0 saturated carbocycles. The molecule has 0 aromatic carbocycles. The van der Waals surface area contributed by atoms with Gasteiger partial charge in [-0.25, -0.2) is 4.79 Å². The Labute approximate surface area is 110 Å². The summed E-state index contributed by atoms with van der Waals surface area (Å²) in [6.07, 6.45) is 2.47. The Bertz CT molecular complexity index is 419. The number of aryl methyl sites for hydroxylation is 1. The third kappa shape index (κ3) is 4.06. The molecule has 1 atom stereocenters. The highest BCUT2D eigenvalue weighted by Gasteiger charge is 2.22. The summed E-state index contributed by atoms with van der Waals surface area (Å²) >= 11 is 1.60. The van der Waals surface area contributed by atoms with Gasteiger partial charge in [0.15, 0.2) is 0 Å². The van der Waals surface area contributed by atoms with Gasteiger partial charge in [-0.3, -0.25) is 9.89 Å². The summed E-state index contributed by atoms with van der Waals surface area (Å²) in [6, 6.07) is 0.991. The number of aromatic nitrogens is 2. The van der Waals surface area contributed by atoms with Crippen molar-refractivity contribution in [3.05, 3.63) is 17.5 Å². The number of rotatable bonds is 6. The molecule has 1 heterocycles. The highest BCUT2D eigenvalue weighted by Crippen LogP contribution is 2.04. The Morgan fingerprint density at radius 3 is 2.83 bits per heavy atom. The van der Waals surface area contributed by atoms with Crippen molar-refractivity contribution in [2.75, 3.05) is 19.1 Å². The van der Waals surface area contributed by atoms with Crippen LogP contribution in [0.1, 0.15) is 22.6 Å². The zero-order chi connectivity index (χ0) is 13.5. The highest BCUT2D eigenvalue weighted by molar-refractivity contribution is 7.98. The average Bonchev–Trinajstić information content (AvgIpc) is 2.80. The second-order valence-corrected chi connectivity index (χ2v) is 4.75. The lowest BCUT2D eigenvalue weighted by Crippen LogP contribution is -2.42. The standard InChI is InChI=1S/C11H17N3O3S/c1-7-6-9(14-13-7)10(15)12-8(4-5-18-3)11(16)17-2/h6,8H,4-5H2,1-3H3,(H,12,15)(H,13,14). The van der Waals surface area contributed by atoms with E-state index in [1.807, 2.05) is 6.26 Å². The molecule has 0 aliphatic carbocycles. The van der Waals surface area contributed by atoms with Crippen molar-refractivity contribution < 1.29 is 14.3 Å². The van der Waals surface area contributed by atoms with Gasteiger partial charge in [-0.2, -0.15) is 16.9 Å². The van der Waals surface area contributed by atoms with Gasteiger partial charge in [0, 0.05) is 5.69 Å². The van der Waals surface area contributed by atoms with E-state index >= 15 is 0 Å². The van der Waals surface area contributed by atoms with E-state index < -0.39 is 12.0 Å². The van der Waals surface area contributed by atoms with Gasteiger partial charge in [0.1, 0.15) is 11.7 Å². The van der Waals surface area contributed by atoms with Gasteiger partial charge >= 0.3 is 5.97 Å². The number of methoxy groups -OCH3 is 1. The molecule has 0 fully saturated rings. The molecule has 0 saturated heterocycles. The number of thioether (sulfide) groups is 1. The van der Waals surface area contributed by atoms with Gasteiger partial charge in [-0.1, -0.05) is 0 Å². The first-order chi connectivity index (χ1) is 8.58. The van der Waals surface area contributed by atoms with Crippen LogP contribution in [0.3, 0.4) is 0 Å². The predicted octanol–water partition coefficient (Wildman–Crippen LogP) is 0.743. The molecule has 2 N–H and O–H groups in total. The topological polar surface area (TPSA) is 84.1 Å². The fraction of sp³-hybridized carbons (Fsp3) is 0.545. The number of carbonyl (C=O) groups excluding carboxylic acids is 2. The number of H-pyrrole nitrogens is 1. The van der Waals surface area contributed by atoms with E-state index in [1.165, 1.54) is 7.11 Å². The number of esters is 1. The van der Waals surface area contributed by atoms with E-state index in [0.29, 0.717) is 6.42 Å². The quantitative estimate of drug-likeness (QED) is 0.746. The number of nitrogens with one attached hydrogen (secondary N) is 2. The van der Waals surface area contributed by atoms with Gasteiger partial charge in [0.05, 0.1) is 7.11 Å². The van der Waals surface area contributed by atoms with Crippen LogP contribution in [0, 0.1) is 6.92 Å². The first-order valence-corrected chi connectivity index (χ1v) is 6.87. The Kier molecular flexibility index (Phi) is 5.70. The largest absolute Gasteiger partial charge is 0.467 e. The predicted molar refractivity (Wildman–Crippen MR) is 69.6 cm³/mol. The summed E-state index contributed by atoms with van der Waals surface area (Å²) in [6.45, 7) is 1.80. The number of hydrogen-bond donors (Lipinski definition) is 2. The van der Waals surface area contributed by atoms with Crippen LogP contribution in [0.4, 0.5) is 0 Å². The fourth-order valence-corrected chi connectivity index (χ4v) is 1.86. The van der Waals surface area contributed by atoms with E-state index in [1.54, 1.807) is 24.8 Å². The van der Waals surface area contributed by atoms with Crippen molar-refractivity contribution in [2.24, 2.45) is 0 Å². The Morgan fingerprint density at radius 2 is 2.33 bits per heavy atom. The van der Waals surface area contributed by atoms with Crippen molar-refractivity contribution in [2.45, 2.75) is 19.4 Å². The molecule has 1 aromatic rings. The van der Waals surface area contributed by atoms with Crippen molar-refractivity contribution in [1.82, 2.24) is 15.5 Å². The minimum atomic E-state index is -0.632. The smallest absolute Gasteiger partial charge is 0.328 e. The number of ether oxygens (including phenoxy) is 1. The third-order valence-corrected chi connectivity index (χ3v) is 2.98. The van der Waals surface area contributed by atoms with Crippen LogP contribution >= 0.6 is 11.8 Å². The summed E-state index contributed by atoms with van der Waals surface area (Å²) in [7, 11) is 1.30. The minimum absolute atomic E-state index is 0.269. The SMILES string of the molecule is COC(=O)C(CCSC)NC(=O)c1cc(C)[nH]n1. The molecule has 1 amide bonds. The van der Waals surface area contributed by atoms with Crippen LogP contribution in [0.2, 0.25) is 0 Å². The number of amides is 1. The summed E-state index contributed by atoms with van der Waals surface area (Å²) in [5.74, 6) is -0.0554. The monoisotopic (exact) mass is 271 g/mol. The summed E-state index contributed by atoms with van der Waals surface area (Å²) in [4.78, 5) is 23.4. The number of aromatic amines is 1. The molecule has 18 heavy (non-hydrogen) atoms. The third-order valence-electron chi connectivity index (χ3n) is 2.34. The van der Waals surface area contributed by atoms with Crippen molar-refractivity contribution in [1.29, 1.82) is 0 Å². The van der Waals surface area contributed by atoms with Gasteiger partial charge in [-0.05, 0) is 31.4 Å². The zero-order valence-electron chi connectivity index (χ0n) is 10.6. The summed E-state index contributed by atoms with van der Waals surface area (Å²) < 4.78 is 4.66. The average molecular weight is 271 g/mol. The molecule has 100 valence electrons. The van der Waals surface area contributed by atoms with Gasteiger partial charge < -0.3 is 10.1 Å². The molecule has 0 spiro atoms. The van der Waals surface area contributed by atoms with Crippen LogP contribution in [-0.4, -0.2) is 47.2 Å². The minimum Gasteiger partial charge on any atom is -0.467 e. The molecule has 1 aromatic heterocycles. The molecule has 6 nitrogen and oxygen atoms in total. The molecule has 7 heteroatoms. The first kappa shape index (κ1) is 14.6. The fourth-order valence-electron chi connectivity index (χ4n) is 1.39. The van der Waals surface area contributed by atoms with Gasteiger partial charge in [-0.15, -0.1) is 0 Å². The van der Waals surface area contributed by atoms with Crippen molar-refractivity contribution in [3.63, 3.8) is 0 Å². The second-order valence-electron chi connectivity index (χ2n) is 3.77. The molecular weight excluding hydrogens is 254 g/mol. The number of hydrogen-bond acceptors (Lipinski definition) is 5. The van der Waals surface area contributed by atoms with E-state index in [-0.39, 0.29) is 11.6 Å². The molecular formula is C11H17N3O3S. The van der Waals surface area contributed by atoms with E-state index in [9.17, 15) is 9.59 Å². The number of nitrogens with zero attached hydrogens (tertiary/aromatic N) is 1. The van der Waals surface area contributed by atoms with E-state index in [0.717, 1.165) is 11.4 Å². The Hall–Kier alpha value is -1.50. The lowest BCUT2D eigenvalue weighted by atomic mass is 10.2. The lowest BCUT2D eigenvalue weighted by Gasteiger charge is -2.15. The van der Waals surface area contributed by atoms with Crippen LogP contribution in [0.15, 0.2) is 6.07 Å². The highest BCUT2D eigenvalue weighted by atomic mass is 32.2. The lowest BCUT2D eigenvalue weighted by molar-refractivity contribution is -0.142. The van der Waals surface area contributed by atoms with Crippen LogP contribution in [0.5, 0.6) is 0 Å². The Balaban J connectivity index is 2.64. The van der Waals surface area contributed by atoms with Crippen molar-refractivity contribution >= 4 is 23.6 Å². The molecule has 0 aliphatic rings. The van der Waals surface area contributed by atoms with Crippen molar-refractivity contribution in [3.8, 4) is 0 Å². The molecule has 1 unspecified atom stereocenters. The van der Waals surface area contributed by atoms with Gasteiger partial charge in [0.2, 0.25) is 0 Å². The van der Waals surface area contributed by atoms with Gasteiger partial charge in [0.25, 0.3) is 5.91 Å². The normalized spacial score (nSPS) is 11.9. The maximum atomic E-state index is 11.8. The molecule has 0 bridgehead atoms. The first-order valence-electron chi connectivity index (χ1n) is 5.48. The maximum Gasteiger partial charge on any atom is 0.328 e. The molecule has 0 aliphatic heterocycles. The zero-order valence-corrected chi connectivity index (χ0v) is 11.5. The molecule has 0 radical (unpaired) electrons. The van der Waals surface area contributed by atoms with E-state index in [4.69, 9.17) is 0 Å². The Morgan fingerprint density at radius 1 is 1.61 bits per heavy atom. The summed E-state index contributed by atoms with van der Waals surface area (Å²) in [5, 5.41) is 9.14. The second kappa shape index (κ2) is 7.05. The number of carbonyl (C=O) groups is 2. The van der Waals surface area contributed by atoms with Crippen LogP contribution in [-0.2, 0) is 9.53 Å². The molecule has 1 rings (SSSR count). The maximum absolute atomic E-state index is 11.8.